The summed E-state index contributed by atoms with van der Waals surface area (Å²) in [5.41, 5.74) is 2.15. The van der Waals surface area contributed by atoms with Crippen molar-refractivity contribution < 1.29 is 4.74 Å². The predicted octanol–water partition coefficient (Wildman–Crippen LogP) is 1.13. The molecule has 1 fully saturated rings. The molecule has 2 rings (SSSR count). The third kappa shape index (κ3) is 3.18. The standard InChI is InChI=1S/C12H19N3O/c1-10-7-11(3-4-13-10)14-8-12-9-15(2)5-6-16-12/h3-4,7,12H,5-6,8-9H2,1-2H3,(H,13,14). The molecule has 0 bridgehead atoms. The highest BCUT2D eigenvalue weighted by atomic mass is 16.5. The van der Waals surface area contributed by atoms with E-state index in [-0.39, 0.29) is 6.10 Å². The van der Waals surface area contributed by atoms with Gasteiger partial charge in [-0.2, -0.15) is 0 Å². The van der Waals surface area contributed by atoms with Crippen LogP contribution >= 0.6 is 0 Å². The summed E-state index contributed by atoms with van der Waals surface area (Å²) in [7, 11) is 2.13. The van der Waals surface area contributed by atoms with Gasteiger partial charge in [-0.15, -0.1) is 0 Å². The van der Waals surface area contributed by atoms with Crippen molar-refractivity contribution in [3.63, 3.8) is 0 Å². The van der Waals surface area contributed by atoms with Crippen molar-refractivity contribution in [3.05, 3.63) is 24.0 Å². The lowest BCUT2D eigenvalue weighted by atomic mass is 10.2. The Kier molecular flexibility index (Phi) is 3.74. The summed E-state index contributed by atoms with van der Waals surface area (Å²) in [4.78, 5) is 6.47. The Balaban J connectivity index is 1.82. The fourth-order valence-corrected chi connectivity index (χ4v) is 1.88. The summed E-state index contributed by atoms with van der Waals surface area (Å²) in [6, 6.07) is 4.03. The molecule has 1 N–H and O–H groups in total. The molecule has 0 saturated carbocycles. The van der Waals surface area contributed by atoms with Crippen LogP contribution in [0.25, 0.3) is 0 Å². The third-order valence-electron chi connectivity index (χ3n) is 2.77. The van der Waals surface area contributed by atoms with Gasteiger partial charge in [0.05, 0.1) is 12.7 Å². The third-order valence-corrected chi connectivity index (χ3v) is 2.77. The zero-order valence-electron chi connectivity index (χ0n) is 9.94. The maximum atomic E-state index is 5.68. The molecule has 1 aliphatic rings. The topological polar surface area (TPSA) is 37.4 Å². The minimum atomic E-state index is 0.284. The number of hydrogen-bond acceptors (Lipinski definition) is 4. The van der Waals surface area contributed by atoms with Crippen LogP contribution in [0.15, 0.2) is 18.3 Å². The Labute approximate surface area is 96.6 Å². The van der Waals surface area contributed by atoms with Crippen LogP contribution < -0.4 is 5.32 Å². The van der Waals surface area contributed by atoms with E-state index in [2.05, 4.69) is 22.2 Å². The SMILES string of the molecule is Cc1cc(NCC2CN(C)CCO2)ccn1. The number of aryl methyl sites for hydroxylation is 1. The maximum Gasteiger partial charge on any atom is 0.0874 e. The first kappa shape index (κ1) is 11.4. The number of rotatable bonds is 3. The van der Waals surface area contributed by atoms with E-state index in [1.54, 1.807) is 0 Å². The highest BCUT2D eigenvalue weighted by molar-refractivity contribution is 5.42. The van der Waals surface area contributed by atoms with Gasteiger partial charge in [0.2, 0.25) is 0 Å². The largest absolute Gasteiger partial charge is 0.382 e. The maximum absolute atomic E-state index is 5.68. The van der Waals surface area contributed by atoms with Crippen LogP contribution in [0.5, 0.6) is 0 Å². The molecule has 4 heteroatoms. The number of anilines is 1. The lowest BCUT2D eigenvalue weighted by Crippen LogP contribution is -2.43. The molecule has 16 heavy (non-hydrogen) atoms. The van der Waals surface area contributed by atoms with E-state index < -0.39 is 0 Å². The molecule has 1 aromatic heterocycles. The number of likely N-dealkylation sites (N-methyl/N-ethyl adjacent to an activating group) is 1. The van der Waals surface area contributed by atoms with Crippen molar-refractivity contribution in [2.24, 2.45) is 0 Å². The number of pyridine rings is 1. The lowest BCUT2D eigenvalue weighted by molar-refractivity contribution is -0.0117. The van der Waals surface area contributed by atoms with Gasteiger partial charge in [0, 0.05) is 37.2 Å². The minimum absolute atomic E-state index is 0.284. The van der Waals surface area contributed by atoms with E-state index in [0.717, 1.165) is 37.6 Å². The molecule has 4 nitrogen and oxygen atoms in total. The number of hydrogen-bond donors (Lipinski definition) is 1. The van der Waals surface area contributed by atoms with Crippen molar-refractivity contribution in [1.29, 1.82) is 0 Å². The van der Waals surface area contributed by atoms with Crippen molar-refractivity contribution in [3.8, 4) is 0 Å². The summed E-state index contributed by atoms with van der Waals surface area (Å²) in [5, 5.41) is 3.38. The summed E-state index contributed by atoms with van der Waals surface area (Å²) in [6.45, 7) is 5.71. The molecule has 1 aromatic rings. The Morgan fingerprint density at radius 1 is 1.62 bits per heavy atom. The van der Waals surface area contributed by atoms with E-state index in [1.165, 1.54) is 0 Å². The van der Waals surface area contributed by atoms with E-state index in [4.69, 9.17) is 4.74 Å². The molecule has 0 aliphatic carbocycles. The molecule has 1 atom stereocenters. The van der Waals surface area contributed by atoms with Crippen molar-refractivity contribution in [1.82, 2.24) is 9.88 Å². The van der Waals surface area contributed by atoms with Gasteiger partial charge < -0.3 is 15.0 Å². The van der Waals surface area contributed by atoms with Crippen LogP contribution in [0.4, 0.5) is 5.69 Å². The van der Waals surface area contributed by atoms with Crippen molar-refractivity contribution in [2.75, 3.05) is 38.6 Å². The van der Waals surface area contributed by atoms with Gasteiger partial charge in [-0.1, -0.05) is 0 Å². The minimum Gasteiger partial charge on any atom is -0.382 e. The van der Waals surface area contributed by atoms with Crippen LogP contribution in [0, 0.1) is 6.92 Å². The van der Waals surface area contributed by atoms with Gasteiger partial charge in [0.1, 0.15) is 0 Å². The average molecular weight is 221 g/mol. The monoisotopic (exact) mass is 221 g/mol. The van der Waals surface area contributed by atoms with Gasteiger partial charge in [-0.3, -0.25) is 4.98 Å². The van der Waals surface area contributed by atoms with Crippen molar-refractivity contribution in [2.45, 2.75) is 13.0 Å². The number of ether oxygens (including phenoxy) is 1. The number of morpholine rings is 1. The number of nitrogens with zero attached hydrogens (tertiary/aromatic N) is 2. The fraction of sp³-hybridized carbons (Fsp3) is 0.583. The number of aromatic nitrogens is 1. The van der Waals surface area contributed by atoms with Crippen molar-refractivity contribution >= 4 is 5.69 Å². The molecule has 0 amide bonds. The van der Waals surface area contributed by atoms with E-state index >= 15 is 0 Å². The van der Waals surface area contributed by atoms with Gasteiger partial charge in [-0.25, -0.2) is 0 Å². The first-order chi connectivity index (χ1) is 7.74. The van der Waals surface area contributed by atoms with Crippen LogP contribution in [0.2, 0.25) is 0 Å². The highest BCUT2D eigenvalue weighted by Crippen LogP contribution is 2.09. The second-order valence-electron chi connectivity index (χ2n) is 4.32. The molecular weight excluding hydrogens is 202 g/mol. The lowest BCUT2D eigenvalue weighted by Gasteiger charge is -2.30. The molecule has 0 radical (unpaired) electrons. The summed E-state index contributed by atoms with van der Waals surface area (Å²) in [5.74, 6) is 0. The average Bonchev–Trinajstić information content (AvgIpc) is 2.27. The molecule has 0 spiro atoms. The van der Waals surface area contributed by atoms with Crippen LogP contribution in [0.1, 0.15) is 5.69 Å². The molecule has 2 heterocycles. The van der Waals surface area contributed by atoms with Gasteiger partial charge in [-0.05, 0) is 26.1 Å². The molecule has 88 valence electrons. The van der Waals surface area contributed by atoms with Gasteiger partial charge in [0.15, 0.2) is 0 Å². The van der Waals surface area contributed by atoms with Crippen LogP contribution in [-0.2, 0) is 4.74 Å². The molecule has 0 aromatic carbocycles. The van der Waals surface area contributed by atoms with Gasteiger partial charge in [0.25, 0.3) is 0 Å². The Bertz CT molecular complexity index is 343. The second kappa shape index (κ2) is 5.27. The second-order valence-corrected chi connectivity index (χ2v) is 4.32. The Hall–Kier alpha value is -1.13. The zero-order valence-corrected chi connectivity index (χ0v) is 9.94. The smallest absolute Gasteiger partial charge is 0.0874 e. The molecule has 1 unspecified atom stereocenters. The van der Waals surface area contributed by atoms with E-state index in [9.17, 15) is 0 Å². The first-order valence-electron chi connectivity index (χ1n) is 5.71. The number of nitrogens with one attached hydrogen (secondary N) is 1. The quantitative estimate of drug-likeness (QED) is 0.830. The summed E-state index contributed by atoms with van der Waals surface area (Å²) >= 11 is 0. The van der Waals surface area contributed by atoms with E-state index in [1.807, 2.05) is 25.3 Å². The summed E-state index contributed by atoms with van der Waals surface area (Å²) in [6.07, 6.45) is 2.11. The van der Waals surface area contributed by atoms with E-state index in [0.29, 0.717) is 0 Å². The first-order valence-corrected chi connectivity index (χ1v) is 5.71. The normalized spacial score (nSPS) is 22.0. The van der Waals surface area contributed by atoms with Crippen LogP contribution in [0.3, 0.4) is 0 Å². The Morgan fingerprint density at radius 3 is 3.25 bits per heavy atom. The fourth-order valence-electron chi connectivity index (χ4n) is 1.88. The molecule has 1 aliphatic heterocycles. The Morgan fingerprint density at radius 2 is 2.50 bits per heavy atom. The highest BCUT2D eigenvalue weighted by Gasteiger charge is 2.16. The molecule has 1 saturated heterocycles. The summed E-state index contributed by atoms with van der Waals surface area (Å²) < 4.78 is 5.68. The van der Waals surface area contributed by atoms with Gasteiger partial charge >= 0.3 is 0 Å². The predicted molar refractivity (Wildman–Crippen MR) is 64.7 cm³/mol. The molecular formula is C12H19N3O. The van der Waals surface area contributed by atoms with Crippen LogP contribution in [-0.4, -0.2) is 49.3 Å². The zero-order chi connectivity index (χ0) is 11.4.